The van der Waals surface area contributed by atoms with E-state index < -0.39 is 0 Å². The summed E-state index contributed by atoms with van der Waals surface area (Å²) < 4.78 is 27.5. The van der Waals surface area contributed by atoms with E-state index >= 15 is 0 Å². The van der Waals surface area contributed by atoms with E-state index in [0.717, 1.165) is 39.5 Å². The molecule has 0 aromatic heterocycles. The molecule has 0 spiro atoms. The van der Waals surface area contributed by atoms with Crippen LogP contribution in [0.3, 0.4) is 0 Å². The zero-order valence-corrected chi connectivity index (χ0v) is 20.3. The molecule has 176 valence electrons. The first-order valence-corrected chi connectivity index (χ1v) is 11.4. The monoisotopic (exact) mass is 419 g/mol. The Hall–Kier alpha value is -0.240. The van der Waals surface area contributed by atoms with Crippen molar-refractivity contribution in [3.63, 3.8) is 0 Å². The second-order valence-electron chi connectivity index (χ2n) is 8.79. The van der Waals surface area contributed by atoms with Gasteiger partial charge in [-0.3, -0.25) is 4.90 Å². The lowest BCUT2D eigenvalue weighted by molar-refractivity contribution is -0.00944. The van der Waals surface area contributed by atoms with Crippen LogP contribution in [0.15, 0.2) is 0 Å². The molecule has 0 aromatic rings. The summed E-state index contributed by atoms with van der Waals surface area (Å²) in [6, 6.07) is 0. The smallest absolute Gasteiger partial charge is 0.0701 e. The van der Waals surface area contributed by atoms with Gasteiger partial charge in [0.1, 0.15) is 0 Å². The average Bonchev–Trinajstić information content (AvgIpc) is 2.67. The summed E-state index contributed by atoms with van der Waals surface area (Å²) in [5.41, 5.74) is 0.361. The van der Waals surface area contributed by atoms with Crippen LogP contribution in [0.4, 0.5) is 0 Å². The molecule has 0 rings (SSSR count). The maximum Gasteiger partial charge on any atom is 0.0701 e. The van der Waals surface area contributed by atoms with Crippen LogP contribution in [0.2, 0.25) is 0 Å². The Labute approximate surface area is 180 Å². The standard InChI is InChI=1S/C23H49NO5/c1-8-24(9-11-25-7)10-12-26-13-14-27-15-16-28-17-18-29-20-22(4)19-23(5,6)21(2)3/h21-22H,8-20H2,1-7H3. The first kappa shape index (κ1) is 28.8. The molecule has 0 saturated carbocycles. The van der Waals surface area contributed by atoms with Gasteiger partial charge < -0.3 is 23.7 Å². The molecule has 0 heterocycles. The summed E-state index contributed by atoms with van der Waals surface area (Å²) in [7, 11) is 1.73. The molecule has 0 amide bonds. The van der Waals surface area contributed by atoms with Gasteiger partial charge in [0.05, 0.1) is 52.9 Å². The normalized spacial score (nSPS) is 13.6. The zero-order chi connectivity index (χ0) is 22.0. The van der Waals surface area contributed by atoms with E-state index in [2.05, 4.69) is 46.4 Å². The molecule has 0 radical (unpaired) electrons. The lowest BCUT2D eigenvalue weighted by Crippen LogP contribution is -2.30. The van der Waals surface area contributed by atoms with Gasteiger partial charge >= 0.3 is 0 Å². The fourth-order valence-electron chi connectivity index (χ4n) is 2.98. The molecule has 0 bridgehead atoms. The SMILES string of the molecule is CCN(CCOC)CCOCCOCCOCCOCC(C)CC(C)(C)C(C)C. The van der Waals surface area contributed by atoms with Gasteiger partial charge in [0.2, 0.25) is 0 Å². The van der Waals surface area contributed by atoms with Crippen LogP contribution in [0.25, 0.3) is 0 Å². The molecule has 6 nitrogen and oxygen atoms in total. The number of hydrogen-bond donors (Lipinski definition) is 0. The fraction of sp³-hybridized carbons (Fsp3) is 1.00. The largest absolute Gasteiger partial charge is 0.383 e. The second-order valence-corrected chi connectivity index (χ2v) is 8.79. The molecule has 0 fully saturated rings. The van der Waals surface area contributed by atoms with Crippen molar-refractivity contribution in [3.05, 3.63) is 0 Å². The molecule has 0 aliphatic heterocycles. The Morgan fingerprint density at radius 1 is 0.724 bits per heavy atom. The molecule has 0 N–H and O–H groups in total. The third-order valence-corrected chi connectivity index (χ3v) is 5.57. The van der Waals surface area contributed by atoms with Crippen molar-refractivity contribution in [1.82, 2.24) is 4.90 Å². The minimum Gasteiger partial charge on any atom is -0.383 e. The van der Waals surface area contributed by atoms with Crippen LogP contribution in [-0.4, -0.2) is 91.1 Å². The maximum atomic E-state index is 5.75. The van der Waals surface area contributed by atoms with Gasteiger partial charge in [-0.2, -0.15) is 0 Å². The van der Waals surface area contributed by atoms with E-state index in [0.29, 0.717) is 56.9 Å². The number of rotatable bonds is 21. The van der Waals surface area contributed by atoms with Crippen molar-refractivity contribution in [1.29, 1.82) is 0 Å². The summed E-state index contributed by atoms with van der Waals surface area (Å²) in [4.78, 5) is 2.31. The fourth-order valence-corrected chi connectivity index (χ4v) is 2.98. The minimum atomic E-state index is 0.361. The summed E-state index contributed by atoms with van der Waals surface area (Å²) in [5.74, 6) is 1.26. The number of nitrogens with zero attached hydrogens (tertiary/aromatic N) is 1. The average molecular weight is 420 g/mol. The summed E-state index contributed by atoms with van der Waals surface area (Å²) in [6.07, 6.45) is 1.19. The van der Waals surface area contributed by atoms with Crippen LogP contribution in [0.1, 0.15) is 48.0 Å². The Morgan fingerprint density at radius 2 is 1.21 bits per heavy atom. The highest BCUT2D eigenvalue weighted by molar-refractivity contribution is 4.74. The Kier molecular flexibility index (Phi) is 18.4. The molecule has 6 heteroatoms. The van der Waals surface area contributed by atoms with E-state index in [9.17, 15) is 0 Å². The quantitative estimate of drug-likeness (QED) is 0.264. The Balaban J connectivity index is 3.37. The number of hydrogen-bond acceptors (Lipinski definition) is 6. The predicted molar refractivity (Wildman–Crippen MR) is 120 cm³/mol. The van der Waals surface area contributed by atoms with Crippen LogP contribution < -0.4 is 0 Å². The van der Waals surface area contributed by atoms with Crippen LogP contribution in [0, 0.1) is 17.3 Å². The van der Waals surface area contributed by atoms with E-state index in [1.54, 1.807) is 7.11 Å². The van der Waals surface area contributed by atoms with E-state index in [1.807, 2.05) is 0 Å². The third kappa shape index (κ3) is 17.2. The number of likely N-dealkylation sites (N-methyl/N-ethyl adjacent to an activating group) is 1. The van der Waals surface area contributed by atoms with Crippen molar-refractivity contribution >= 4 is 0 Å². The van der Waals surface area contributed by atoms with Gasteiger partial charge in [0.25, 0.3) is 0 Å². The molecule has 1 unspecified atom stereocenters. The van der Waals surface area contributed by atoms with Gasteiger partial charge in [-0.15, -0.1) is 0 Å². The Morgan fingerprint density at radius 3 is 1.69 bits per heavy atom. The van der Waals surface area contributed by atoms with E-state index in [1.165, 1.54) is 6.42 Å². The lowest BCUT2D eigenvalue weighted by Gasteiger charge is -2.32. The van der Waals surface area contributed by atoms with Gasteiger partial charge in [0, 0.05) is 26.8 Å². The van der Waals surface area contributed by atoms with Gasteiger partial charge in [-0.05, 0) is 30.2 Å². The molecular weight excluding hydrogens is 370 g/mol. The molecule has 29 heavy (non-hydrogen) atoms. The zero-order valence-electron chi connectivity index (χ0n) is 20.3. The van der Waals surface area contributed by atoms with Crippen molar-refractivity contribution in [3.8, 4) is 0 Å². The van der Waals surface area contributed by atoms with Gasteiger partial charge in [-0.25, -0.2) is 0 Å². The van der Waals surface area contributed by atoms with Gasteiger partial charge in [0.15, 0.2) is 0 Å². The van der Waals surface area contributed by atoms with Crippen LogP contribution >= 0.6 is 0 Å². The molecule has 0 aliphatic carbocycles. The minimum absolute atomic E-state index is 0.361. The highest BCUT2D eigenvalue weighted by Crippen LogP contribution is 2.33. The number of methoxy groups -OCH3 is 1. The summed E-state index contributed by atoms with van der Waals surface area (Å²) >= 11 is 0. The van der Waals surface area contributed by atoms with E-state index in [-0.39, 0.29) is 0 Å². The highest BCUT2D eigenvalue weighted by atomic mass is 16.6. The number of ether oxygens (including phenoxy) is 5. The molecule has 0 aromatic carbocycles. The first-order chi connectivity index (χ1) is 13.8. The molecule has 0 aliphatic rings. The first-order valence-electron chi connectivity index (χ1n) is 11.4. The molecule has 0 saturated heterocycles. The molecule has 1 atom stereocenters. The lowest BCUT2D eigenvalue weighted by atomic mass is 9.75. The summed E-state index contributed by atoms with van der Waals surface area (Å²) in [6.45, 7) is 22.5. The molecular formula is C23H49NO5. The predicted octanol–water partition coefficient (Wildman–Crippen LogP) is 3.73. The van der Waals surface area contributed by atoms with Crippen molar-refractivity contribution in [2.45, 2.75) is 48.0 Å². The topological polar surface area (TPSA) is 49.4 Å². The van der Waals surface area contributed by atoms with Crippen LogP contribution in [-0.2, 0) is 23.7 Å². The second kappa shape index (κ2) is 18.5. The van der Waals surface area contributed by atoms with Gasteiger partial charge in [-0.1, -0.05) is 41.5 Å². The maximum absolute atomic E-state index is 5.75. The van der Waals surface area contributed by atoms with Crippen LogP contribution in [0.5, 0.6) is 0 Å². The highest BCUT2D eigenvalue weighted by Gasteiger charge is 2.24. The van der Waals surface area contributed by atoms with Crippen molar-refractivity contribution in [2.75, 3.05) is 86.2 Å². The summed E-state index contributed by atoms with van der Waals surface area (Å²) in [5, 5.41) is 0. The Bertz CT molecular complexity index is 352. The third-order valence-electron chi connectivity index (χ3n) is 5.57. The van der Waals surface area contributed by atoms with E-state index in [4.69, 9.17) is 23.7 Å². The van der Waals surface area contributed by atoms with Crippen molar-refractivity contribution < 1.29 is 23.7 Å². The van der Waals surface area contributed by atoms with Crippen molar-refractivity contribution in [2.24, 2.45) is 17.3 Å².